The quantitative estimate of drug-likeness (QED) is 0.832. The predicted octanol–water partition coefficient (Wildman–Crippen LogP) is 2.32. The van der Waals surface area contributed by atoms with Crippen LogP contribution in [-0.4, -0.2) is 23.3 Å². The fourth-order valence-electron chi connectivity index (χ4n) is 1.53. The van der Waals surface area contributed by atoms with Gasteiger partial charge in [0, 0.05) is 6.04 Å². The van der Waals surface area contributed by atoms with Gasteiger partial charge >= 0.3 is 6.01 Å². The van der Waals surface area contributed by atoms with Gasteiger partial charge in [0.1, 0.15) is 5.75 Å². The lowest BCUT2D eigenvalue weighted by molar-refractivity contribution is 0.416. The van der Waals surface area contributed by atoms with Crippen molar-refractivity contribution in [2.45, 2.75) is 26.4 Å². The molecule has 0 aliphatic carbocycles. The average Bonchev–Trinajstić information content (AvgIpc) is 2.85. The summed E-state index contributed by atoms with van der Waals surface area (Å²) in [4.78, 5) is 0. The minimum absolute atomic E-state index is 0.352. The predicted molar refractivity (Wildman–Crippen MR) is 72.6 cm³/mol. The summed E-state index contributed by atoms with van der Waals surface area (Å²) in [7, 11) is 1.62. The number of methoxy groups -OCH3 is 1. The van der Waals surface area contributed by atoms with E-state index in [2.05, 4.69) is 34.7 Å². The van der Waals surface area contributed by atoms with Crippen molar-refractivity contribution in [3.63, 3.8) is 0 Å². The first-order valence-corrected chi connectivity index (χ1v) is 6.15. The summed E-state index contributed by atoms with van der Waals surface area (Å²) in [6.07, 6.45) is 0. The Kier molecular flexibility index (Phi) is 4.35. The summed E-state index contributed by atoms with van der Waals surface area (Å²) < 4.78 is 10.7. The minimum atomic E-state index is 0.352. The largest absolute Gasteiger partial charge is 0.495 e. The molecule has 0 aliphatic rings. The summed E-state index contributed by atoms with van der Waals surface area (Å²) >= 11 is 0. The van der Waals surface area contributed by atoms with Crippen LogP contribution in [0.15, 0.2) is 28.7 Å². The zero-order valence-electron chi connectivity index (χ0n) is 11.3. The zero-order chi connectivity index (χ0) is 13.7. The Balaban J connectivity index is 2.03. The summed E-state index contributed by atoms with van der Waals surface area (Å²) in [5.74, 6) is 1.27. The van der Waals surface area contributed by atoms with E-state index >= 15 is 0 Å². The smallest absolute Gasteiger partial charge is 0.320 e. The number of anilines is 2. The van der Waals surface area contributed by atoms with Gasteiger partial charge < -0.3 is 19.8 Å². The first-order chi connectivity index (χ1) is 9.19. The van der Waals surface area contributed by atoms with Crippen LogP contribution in [0.3, 0.4) is 0 Å². The maximum absolute atomic E-state index is 5.49. The molecule has 6 nitrogen and oxygen atoms in total. The van der Waals surface area contributed by atoms with Crippen LogP contribution >= 0.6 is 0 Å². The standard InChI is InChI=1S/C13H18N4O2/c1-9(2)14-8-12-16-17-13(19-12)15-10-6-4-5-7-11(10)18-3/h4-7,9,14H,8H2,1-3H3,(H,15,17). The highest BCUT2D eigenvalue weighted by Gasteiger charge is 2.08. The molecule has 1 aromatic carbocycles. The zero-order valence-corrected chi connectivity index (χ0v) is 11.3. The van der Waals surface area contributed by atoms with Crippen molar-refractivity contribution in [1.82, 2.24) is 15.5 Å². The van der Waals surface area contributed by atoms with Gasteiger partial charge in [-0.25, -0.2) is 0 Å². The third kappa shape index (κ3) is 3.69. The van der Waals surface area contributed by atoms with E-state index in [1.54, 1.807) is 7.11 Å². The van der Waals surface area contributed by atoms with Gasteiger partial charge in [0.25, 0.3) is 0 Å². The lowest BCUT2D eigenvalue weighted by atomic mass is 10.3. The third-order valence-electron chi connectivity index (χ3n) is 2.48. The van der Waals surface area contributed by atoms with Crippen molar-refractivity contribution >= 4 is 11.7 Å². The molecule has 2 rings (SSSR count). The second kappa shape index (κ2) is 6.19. The van der Waals surface area contributed by atoms with Crippen molar-refractivity contribution in [2.75, 3.05) is 12.4 Å². The molecule has 2 aromatic rings. The van der Waals surface area contributed by atoms with Crippen LogP contribution in [0.25, 0.3) is 0 Å². The van der Waals surface area contributed by atoms with Crippen LogP contribution in [0, 0.1) is 0 Å². The van der Waals surface area contributed by atoms with Crippen molar-refractivity contribution < 1.29 is 9.15 Å². The van der Waals surface area contributed by atoms with Gasteiger partial charge in [-0.3, -0.25) is 0 Å². The van der Waals surface area contributed by atoms with E-state index in [1.165, 1.54) is 0 Å². The molecule has 0 saturated heterocycles. The number of nitrogens with one attached hydrogen (secondary N) is 2. The minimum Gasteiger partial charge on any atom is -0.495 e. The number of hydrogen-bond donors (Lipinski definition) is 2. The molecule has 0 amide bonds. The molecule has 1 heterocycles. The summed E-state index contributed by atoms with van der Waals surface area (Å²) in [6.45, 7) is 4.67. The maximum Gasteiger partial charge on any atom is 0.320 e. The van der Waals surface area contributed by atoms with E-state index in [4.69, 9.17) is 9.15 Å². The molecular weight excluding hydrogens is 244 g/mol. The van der Waals surface area contributed by atoms with Gasteiger partial charge in [0.2, 0.25) is 5.89 Å². The van der Waals surface area contributed by atoms with Gasteiger partial charge in [-0.15, -0.1) is 5.10 Å². The SMILES string of the molecule is COc1ccccc1Nc1nnc(CNC(C)C)o1. The van der Waals surface area contributed by atoms with Crippen LogP contribution in [0.5, 0.6) is 5.75 Å². The molecule has 0 fully saturated rings. The van der Waals surface area contributed by atoms with E-state index in [-0.39, 0.29) is 0 Å². The first-order valence-electron chi connectivity index (χ1n) is 6.15. The molecule has 102 valence electrons. The first kappa shape index (κ1) is 13.4. The highest BCUT2D eigenvalue weighted by Crippen LogP contribution is 2.26. The second-order valence-corrected chi connectivity index (χ2v) is 4.36. The fourth-order valence-corrected chi connectivity index (χ4v) is 1.53. The average molecular weight is 262 g/mol. The third-order valence-corrected chi connectivity index (χ3v) is 2.48. The number of ether oxygens (including phenoxy) is 1. The summed E-state index contributed by atoms with van der Waals surface area (Å²) in [5, 5.41) is 14.2. The van der Waals surface area contributed by atoms with E-state index in [1.807, 2.05) is 24.3 Å². The Bertz CT molecular complexity index is 525. The van der Waals surface area contributed by atoms with Gasteiger partial charge in [0.05, 0.1) is 19.3 Å². The number of benzene rings is 1. The lowest BCUT2D eigenvalue weighted by Gasteiger charge is -2.07. The molecule has 0 spiro atoms. The van der Waals surface area contributed by atoms with E-state index in [0.717, 1.165) is 11.4 Å². The second-order valence-electron chi connectivity index (χ2n) is 4.36. The molecule has 0 unspecified atom stereocenters. The molecule has 6 heteroatoms. The van der Waals surface area contributed by atoms with Crippen LogP contribution in [0.2, 0.25) is 0 Å². The highest BCUT2D eigenvalue weighted by molar-refractivity contribution is 5.61. The Labute approximate surface area is 112 Å². The van der Waals surface area contributed by atoms with E-state index in [0.29, 0.717) is 24.5 Å². The van der Waals surface area contributed by atoms with E-state index in [9.17, 15) is 0 Å². The Morgan fingerprint density at radius 2 is 2.05 bits per heavy atom. The van der Waals surface area contributed by atoms with Crippen molar-refractivity contribution in [3.8, 4) is 5.75 Å². The van der Waals surface area contributed by atoms with Gasteiger partial charge in [-0.1, -0.05) is 31.1 Å². The molecule has 0 radical (unpaired) electrons. The van der Waals surface area contributed by atoms with Crippen molar-refractivity contribution in [3.05, 3.63) is 30.2 Å². The monoisotopic (exact) mass is 262 g/mol. The van der Waals surface area contributed by atoms with Crippen LogP contribution in [0.1, 0.15) is 19.7 Å². The number of nitrogens with zero attached hydrogens (tertiary/aromatic N) is 2. The molecule has 1 aromatic heterocycles. The van der Waals surface area contributed by atoms with Gasteiger partial charge in [-0.05, 0) is 12.1 Å². The maximum atomic E-state index is 5.49. The molecule has 0 atom stereocenters. The summed E-state index contributed by atoms with van der Waals surface area (Å²) in [6, 6.07) is 8.27. The number of rotatable bonds is 6. The topological polar surface area (TPSA) is 72.2 Å². The Morgan fingerprint density at radius 1 is 1.26 bits per heavy atom. The molecule has 2 N–H and O–H groups in total. The van der Waals surface area contributed by atoms with E-state index < -0.39 is 0 Å². The Morgan fingerprint density at radius 3 is 2.79 bits per heavy atom. The molecule has 19 heavy (non-hydrogen) atoms. The van der Waals surface area contributed by atoms with Crippen LogP contribution in [-0.2, 0) is 6.54 Å². The highest BCUT2D eigenvalue weighted by atomic mass is 16.5. The molecule has 0 aliphatic heterocycles. The molecule has 0 saturated carbocycles. The summed E-state index contributed by atoms with van der Waals surface area (Å²) in [5.41, 5.74) is 0.789. The number of aromatic nitrogens is 2. The Hall–Kier alpha value is -2.08. The number of para-hydroxylation sites is 2. The van der Waals surface area contributed by atoms with Crippen LogP contribution in [0.4, 0.5) is 11.7 Å². The number of hydrogen-bond acceptors (Lipinski definition) is 6. The van der Waals surface area contributed by atoms with Gasteiger partial charge in [-0.2, -0.15) is 0 Å². The fraction of sp³-hybridized carbons (Fsp3) is 0.385. The molecule has 0 bridgehead atoms. The normalized spacial score (nSPS) is 10.7. The van der Waals surface area contributed by atoms with Crippen molar-refractivity contribution in [2.24, 2.45) is 0 Å². The van der Waals surface area contributed by atoms with Gasteiger partial charge in [0.15, 0.2) is 0 Å². The van der Waals surface area contributed by atoms with Crippen molar-refractivity contribution in [1.29, 1.82) is 0 Å². The molecular formula is C13H18N4O2. The lowest BCUT2D eigenvalue weighted by Crippen LogP contribution is -2.21. The van der Waals surface area contributed by atoms with Crippen LogP contribution < -0.4 is 15.4 Å².